The number of hydrogen-bond donors (Lipinski definition) is 2. The van der Waals surface area contributed by atoms with Gasteiger partial charge in [-0.15, -0.1) is 0 Å². The average Bonchev–Trinajstić information content (AvgIpc) is 3.16. The van der Waals surface area contributed by atoms with Gasteiger partial charge in [-0.2, -0.15) is 0 Å². The number of methoxy groups -OCH3 is 1. The quantitative estimate of drug-likeness (QED) is 0.594. The molecule has 2 N–H and O–H groups in total. The second-order valence-corrected chi connectivity index (χ2v) is 8.97. The van der Waals surface area contributed by atoms with Gasteiger partial charge in [0.25, 0.3) is 0 Å². The van der Waals surface area contributed by atoms with E-state index in [-0.39, 0.29) is 51.2 Å². The van der Waals surface area contributed by atoms with Crippen molar-refractivity contribution in [3.05, 3.63) is 59.7 Å². The van der Waals surface area contributed by atoms with E-state index in [1.165, 1.54) is 12.0 Å². The van der Waals surface area contributed by atoms with Crippen LogP contribution in [0.2, 0.25) is 0 Å². The number of alkyl carbamates (subject to hydrolysis) is 1. The van der Waals surface area contributed by atoms with Crippen molar-refractivity contribution >= 4 is 18.0 Å². The molecule has 2 aromatic carbocycles. The monoisotopic (exact) mass is 482 g/mol. The number of carboxylic acids is 1. The summed E-state index contributed by atoms with van der Waals surface area (Å²) in [4.78, 5) is 38.4. The van der Waals surface area contributed by atoms with Gasteiger partial charge >= 0.3 is 12.1 Å². The van der Waals surface area contributed by atoms with E-state index in [0.29, 0.717) is 0 Å². The Bertz CT molecular complexity index is 1060. The molecule has 4 rings (SSSR count). The number of carbonyl (C=O) groups excluding carboxylic acids is 2. The minimum Gasteiger partial charge on any atom is -0.479 e. The number of fused-ring (bicyclic) bond motifs is 3. The van der Waals surface area contributed by atoms with Crippen LogP contribution in [0.4, 0.5) is 4.79 Å². The van der Waals surface area contributed by atoms with Gasteiger partial charge in [-0.3, -0.25) is 4.79 Å². The number of morpholine rings is 1. The summed E-state index contributed by atoms with van der Waals surface area (Å²) in [7, 11) is 1.38. The summed E-state index contributed by atoms with van der Waals surface area (Å²) in [5.41, 5.74) is 2.94. The molecule has 0 bridgehead atoms. The molecule has 0 radical (unpaired) electrons. The van der Waals surface area contributed by atoms with Crippen molar-refractivity contribution in [2.24, 2.45) is 0 Å². The van der Waals surface area contributed by atoms with Gasteiger partial charge < -0.3 is 29.5 Å². The van der Waals surface area contributed by atoms with E-state index in [2.05, 4.69) is 17.4 Å². The van der Waals surface area contributed by atoms with E-state index < -0.39 is 23.7 Å². The number of amides is 2. The molecule has 9 nitrogen and oxygen atoms in total. The number of nitrogens with zero attached hydrogens (tertiary/aromatic N) is 1. The standard InChI is InChI=1S/C26H30N2O7/c1-17(13-23(29)28-11-12-35-26(15-28,16-33-2)24(30)31)27-25(32)34-14-22-20-9-5-3-7-18(20)19-8-4-6-10-21(19)22/h3-10,17,22H,11-16H2,1-2H3,(H,27,32)(H,30,31)/t17-,26?/m0/s1. The zero-order valence-electron chi connectivity index (χ0n) is 19.9. The van der Waals surface area contributed by atoms with Crippen molar-refractivity contribution in [1.29, 1.82) is 0 Å². The number of ether oxygens (including phenoxy) is 3. The lowest BCUT2D eigenvalue weighted by molar-refractivity contribution is -0.189. The van der Waals surface area contributed by atoms with E-state index in [1.54, 1.807) is 6.92 Å². The Morgan fingerprint density at radius 1 is 1.14 bits per heavy atom. The van der Waals surface area contributed by atoms with E-state index >= 15 is 0 Å². The number of hydrogen-bond acceptors (Lipinski definition) is 6. The zero-order chi connectivity index (χ0) is 25.0. The number of rotatable bonds is 8. The molecule has 9 heteroatoms. The first-order valence-corrected chi connectivity index (χ1v) is 11.6. The Morgan fingerprint density at radius 2 is 1.77 bits per heavy atom. The van der Waals surface area contributed by atoms with Gasteiger partial charge in [0.15, 0.2) is 0 Å². The Kier molecular flexibility index (Phi) is 7.37. The molecular formula is C26H30N2O7. The average molecular weight is 483 g/mol. The third-order valence-electron chi connectivity index (χ3n) is 6.49. The van der Waals surface area contributed by atoms with Crippen LogP contribution in [0.15, 0.2) is 48.5 Å². The van der Waals surface area contributed by atoms with E-state index in [1.807, 2.05) is 36.4 Å². The number of benzene rings is 2. The molecule has 2 aliphatic rings. The normalized spacial score (nSPS) is 20.0. The second-order valence-electron chi connectivity index (χ2n) is 8.97. The predicted molar refractivity (Wildman–Crippen MR) is 127 cm³/mol. The summed E-state index contributed by atoms with van der Waals surface area (Å²) in [6.07, 6.45) is -0.597. The van der Waals surface area contributed by atoms with Gasteiger partial charge in [-0.25, -0.2) is 9.59 Å². The molecule has 0 saturated carbocycles. The van der Waals surface area contributed by atoms with Gasteiger partial charge in [0.2, 0.25) is 11.5 Å². The molecule has 1 aliphatic carbocycles. The first-order valence-electron chi connectivity index (χ1n) is 11.6. The molecule has 1 fully saturated rings. The molecule has 2 atom stereocenters. The number of carboxylic acid groups (broad SMARTS) is 1. The van der Waals surface area contributed by atoms with Crippen LogP contribution in [0.25, 0.3) is 11.1 Å². The molecule has 1 saturated heterocycles. The van der Waals surface area contributed by atoms with E-state index in [0.717, 1.165) is 22.3 Å². The van der Waals surface area contributed by atoms with Crippen LogP contribution in [0, 0.1) is 0 Å². The molecule has 1 heterocycles. The highest BCUT2D eigenvalue weighted by Crippen LogP contribution is 2.44. The fraction of sp³-hybridized carbons (Fsp3) is 0.423. The minimum atomic E-state index is -1.59. The van der Waals surface area contributed by atoms with Gasteiger partial charge in [-0.05, 0) is 29.2 Å². The van der Waals surface area contributed by atoms with Gasteiger partial charge in [-0.1, -0.05) is 48.5 Å². The van der Waals surface area contributed by atoms with Crippen LogP contribution >= 0.6 is 0 Å². The molecule has 0 aromatic heterocycles. The van der Waals surface area contributed by atoms with E-state index in [9.17, 15) is 19.5 Å². The van der Waals surface area contributed by atoms with Gasteiger partial charge in [0.05, 0.1) is 19.8 Å². The Hall–Kier alpha value is -3.43. The maximum absolute atomic E-state index is 12.8. The second kappa shape index (κ2) is 10.5. The minimum absolute atomic E-state index is 0.00682. The topological polar surface area (TPSA) is 114 Å². The maximum Gasteiger partial charge on any atom is 0.407 e. The maximum atomic E-state index is 12.8. The van der Waals surface area contributed by atoms with Crippen molar-refractivity contribution in [1.82, 2.24) is 10.2 Å². The molecule has 1 aliphatic heterocycles. The molecule has 0 spiro atoms. The predicted octanol–water partition coefficient (Wildman–Crippen LogP) is 2.63. The van der Waals surface area contributed by atoms with Crippen molar-refractivity contribution in [3.8, 4) is 11.1 Å². The number of carbonyl (C=O) groups is 3. The van der Waals surface area contributed by atoms with Crippen LogP contribution in [0.1, 0.15) is 30.4 Å². The summed E-state index contributed by atoms with van der Waals surface area (Å²) in [5, 5.41) is 12.3. The fourth-order valence-electron chi connectivity index (χ4n) is 4.79. The lowest BCUT2D eigenvalue weighted by atomic mass is 9.98. The van der Waals surface area contributed by atoms with Crippen LogP contribution in [-0.4, -0.2) is 79.6 Å². The van der Waals surface area contributed by atoms with Crippen molar-refractivity contribution in [2.75, 3.05) is 40.0 Å². The third kappa shape index (κ3) is 5.16. The molecule has 2 amide bonds. The van der Waals surface area contributed by atoms with Gasteiger partial charge in [0, 0.05) is 32.0 Å². The van der Waals surface area contributed by atoms with Crippen molar-refractivity contribution < 1.29 is 33.7 Å². The summed E-state index contributed by atoms with van der Waals surface area (Å²) >= 11 is 0. The third-order valence-corrected chi connectivity index (χ3v) is 6.49. The SMILES string of the molecule is COCC1(C(=O)O)CN(C(=O)C[C@H](C)NC(=O)OCC2c3ccccc3-c3ccccc32)CCO1. The fourth-order valence-corrected chi connectivity index (χ4v) is 4.79. The molecule has 2 aromatic rings. The largest absolute Gasteiger partial charge is 0.479 e. The number of nitrogens with one attached hydrogen (secondary N) is 1. The summed E-state index contributed by atoms with van der Waals surface area (Å²) in [5.74, 6) is -1.51. The summed E-state index contributed by atoms with van der Waals surface area (Å²) in [6.45, 7) is 1.97. The Labute approximate surface area is 204 Å². The van der Waals surface area contributed by atoms with Crippen LogP contribution in [-0.2, 0) is 23.8 Å². The first-order chi connectivity index (χ1) is 16.8. The van der Waals surface area contributed by atoms with Crippen LogP contribution < -0.4 is 5.32 Å². The van der Waals surface area contributed by atoms with Gasteiger partial charge in [0.1, 0.15) is 6.61 Å². The smallest absolute Gasteiger partial charge is 0.407 e. The Balaban J connectivity index is 1.31. The highest BCUT2D eigenvalue weighted by molar-refractivity contribution is 5.82. The lowest BCUT2D eigenvalue weighted by Gasteiger charge is -2.39. The first kappa shape index (κ1) is 24.7. The number of aliphatic carboxylic acids is 1. The molecule has 35 heavy (non-hydrogen) atoms. The summed E-state index contributed by atoms with van der Waals surface area (Å²) in [6, 6.07) is 15.7. The van der Waals surface area contributed by atoms with Crippen LogP contribution in [0.5, 0.6) is 0 Å². The lowest BCUT2D eigenvalue weighted by Crippen LogP contribution is -2.60. The summed E-state index contributed by atoms with van der Waals surface area (Å²) < 4.78 is 16.0. The van der Waals surface area contributed by atoms with Crippen molar-refractivity contribution in [3.63, 3.8) is 0 Å². The van der Waals surface area contributed by atoms with E-state index in [4.69, 9.17) is 14.2 Å². The zero-order valence-corrected chi connectivity index (χ0v) is 19.9. The molecule has 186 valence electrons. The molecular weight excluding hydrogens is 452 g/mol. The highest BCUT2D eigenvalue weighted by Gasteiger charge is 2.45. The molecule has 1 unspecified atom stereocenters. The van der Waals surface area contributed by atoms with Crippen molar-refractivity contribution in [2.45, 2.75) is 30.9 Å². The highest BCUT2D eigenvalue weighted by atomic mass is 16.6. The van der Waals surface area contributed by atoms with Crippen LogP contribution in [0.3, 0.4) is 0 Å². The Morgan fingerprint density at radius 3 is 2.37 bits per heavy atom.